The van der Waals surface area contributed by atoms with Crippen molar-refractivity contribution in [2.24, 2.45) is 0 Å². The van der Waals surface area contributed by atoms with Crippen molar-refractivity contribution in [2.45, 2.75) is 18.8 Å². The number of aromatic amines is 1. The van der Waals surface area contributed by atoms with E-state index in [9.17, 15) is 0 Å². The lowest BCUT2D eigenvalue weighted by atomic mass is 10.0. The van der Waals surface area contributed by atoms with Crippen molar-refractivity contribution in [3.8, 4) is 11.1 Å². The molecule has 3 rings (SSSR count). The van der Waals surface area contributed by atoms with Gasteiger partial charge in [-0.05, 0) is 30.5 Å². The van der Waals surface area contributed by atoms with Crippen LogP contribution < -0.4 is 5.73 Å². The van der Waals surface area contributed by atoms with Crippen LogP contribution in [0.5, 0.6) is 0 Å². The molecule has 5 heteroatoms. The molecular formula is C12H11Cl2N3. The number of hydrogen-bond donors (Lipinski definition) is 2. The number of rotatable bonds is 2. The molecular weight excluding hydrogens is 257 g/mol. The van der Waals surface area contributed by atoms with Crippen LogP contribution in [0.25, 0.3) is 11.1 Å². The molecule has 3 N–H and O–H groups in total. The van der Waals surface area contributed by atoms with E-state index in [2.05, 4.69) is 10.2 Å². The lowest BCUT2D eigenvalue weighted by molar-refractivity contribution is 0.969. The number of anilines is 1. The molecule has 1 fully saturated rings. The Kier molecular flexibility index (Phi) is 2.53. The van der Waals surface area contributed by atoms with Gasteiger partial charge in [0.05, 0.1) is 10.0 Å². The number of aromatic nitrogens is 2. The molecule has 0 saturated heterocycles. The van der Waals surface area contributed by atoms with Crippen molar-refractivity contribution >= 4 is 29.0 Å². The number of nitrogens with zero attached hydrogens (tertiary/aromatic N) is 1. The smallest absolute Gasteiger partial charge is 0.153 e. The number of benzene rings is 1. The Bertz CT molecular complexity index is 573. The molecule has 0 aliphatic heterocycles. The number of H-pyrrole nitrogens is 1. The standard InChI is InChI=1S/C12H11Cl2N3/c13-8-4-3-7(5-9(8)14)10-11(6-1-2-6)16-17-12(10)15/h3-6H,1-2H2,(H3,15,16,17). The Morgan fingerprint density at radius 1 is 1.24 bits per heavy atom. The third-order valence-corrected chi connectivity index (χ3v) is 3.76. The third-order valence-electron chi connectivity index (χ3n) is 3.02. The van der Waals surface area contributed by atoms with Crippen LogP contribution in [0.1, 0.15) is 24.5 Å². The monoisotopic (exact) mass is 267 g/mol. The van der Waals surface area contributed by atoms with Crippen molar-refractivity contribution in [1.82, 2.24) is 10.2 Å². The first-order valence-corrected chi connectivity index (χ1v) is 6.21. The maximum Gasteiger partial charge on any atom is 0.153 e. The van der Waals surface area contributed by atoms with Crippen molar-refractivity contribution in [1.29, 1.82) is 0 Å². The number of hydrogen-bond acceptors (Lipinski definition) is 2. The molecule has 0 bridgehead atoms. The summed E-state index contributed by atoms with van der Waals surface area (Å²) in [5, 5.41) is 8.18. The van der Waals surface area contributed by atoms with Gasteiger partial charge in [-0.2, -0.15) is 5.10 Å². The fraction of sp³-hybridized carbons (Fsp3) is 0.250. The highest BCUT2D eigenvalue weighted by molar-refractivity contribution is 6.42. The maximum absolute atomic E-state index is 6.03. The van der Waals surface area contributed by atoms with E-state index in [1.165, 1.54) is 12.8 Å². The predicted molar refractivity (Wildman–Crippen MR) is 70.4 cm³/mol. The third kappa shape index (κ3) is 1.90. The van der Waals surface area contributed by atoms with Gasteiger partial charge in [0.1, 0.15) is 0 Å². The summed E-state index contributed by atoms with van der Waals surface area (Å²) in [5.41, 5.74) is 8.95. The summed E-state index contributed by atoms with van der Waals surface area (Å²) in [6.07, 6.45) is 2.38. The van der Waals surface area contributed by atoms with Gasteiger partial charge in [-0.1, -0.05) is 29.3 Å². The molecule has 1 aromatic heterocycles. The van der Waals surface area contributed by atoms with Gasteiger partial charge in [0.2, 0.25) is 0 Å². The normalized spacial score (nSPS) is 15.2. The van der Waals surface area contributed by atoms with Crippen molar-refractivity contribution in [3.63, 3.8) is 0 Å². The zero-order valence-electron chi connectivity index (χ0n) is 9.00. The van der Waals surface area contributed by atoms with E-state index < -0.39 is 0 Å². The van der Waals surface area contributed by atoms with Crippen LogP contribution in [0.15, 0.2) is 18.2 Å². The van der Waals surface area contributed by atoms with Crippen molar-refractivity contribution in [2.75, 3.05) is 5.73 Å². The first kappa shape index (κ1) is 10.9. The summed E-state index contributed by atoms with van der Waals surface area (Å²) in [6, 6.07) is 5.53. The molecule has 0 amide bonds. The molecule has 0 unspecified atom stereocenters. The van der Waals surface area contributed by atoms with Crippen LogP contribution in [0.2, 0.25) is 10.0 Å². The van der Waals surface area contributed by atoms with E-state index in [1.54, 1.807) is 6.07 Å². The van der Waals surface area contributed by atoms with Crippen LogP contribution in [-0.4, -0.2) is 10.2 Å². The van der Waals surface area contributed by atoms with Crippen LogP contribution in [0.4, 0.5) is 5.82 Å². The van der Waals surface area contributed by atoms with Crippen molar-refractivity contribution in [3.05, 3.63) is 33.9 Å². The van der Waals surface area contributed by atoms with Gasteiger partial charge in [0.15, 0.2) is 5.82 Å². The SMILES string of the molecule is Nc1n[nH]c(C2CC2)c1-c1ccc(Cl)c(Cl)c1. The summed E-state index contributed by atoms with van der Waals surface area (Å²) in [5.74, 6) is 1.08. The first-order valence-electron chi connectivity index (χ1n) is 5.46. The average molecular weight is 268 g/mol. The molecule has 0 atom stereocenters. The maximum atomic E-state index is 6.03. The highest BCUT2D eigenvalue weighted by Crippen LogP contribution is 2.45. The van der Waals surface area contributed by atoms with Crippen LogP contribution in [0.3, 0.4) is 0 Å². The largest absolute Gasteiger partial charge is 0.382 e. The van der Waals surface area contributed by atoms with Gasteiger partial charge >= 0.3 is 0 Å². The molecule has 1 saturated carbocycles. The highest BCUT2D eigenvalue weighted by atomic mass is 35.5. The number of nitrogen functional groups attached to an aromatic ring is 1. The zero-order chi connectivity index (χ0) is 12.0. The molecule has 17 heavy (non-hydrogen) atoms. The van der Waals surface area contributed by atoms with Gasteiger partial charge in [-0.3, -0.25) is 5.10 Å². The molecule has 1 heterocycles. The minimum Gasteiger partial charge on any atom is -0.382 e. The van der Waals surface area contributed by atoms with Gasteiger partial charge < -0.3 is 5.73 Å². The number of nitrogens with two attached hydrogens (primary N) is 1. The second-order valence-corrected chi connectivity index (χ2v) is 5.12. The Balaban J connectivity index is 2.13. The Labute approximate surface area is 109 Å². The van der Waals surface area contributed by atoms with Gasteiger partial charge in [0, 0.05) is 17.2 Å². The lowest BCUT2D eigenvalue weighted by Gasteiger charge is -2.05. The Morgan fingerprint density at radius 2 is 2.00 bits per heavy atom. The highest BCUT2D eigenvalue weighted by Gasteiger charge is 2.29. The molecule has 88 valence electrons. The van der Waals surface area contributed by atoms with Gasteiger partial charge in [0.25, 0.3) is 0 Å². The van der Waals surface area contributed by atoms with Crippen LogP contribution in [0, 0.1) is 0 Å². The van der Waals surface area contributed by atoms with E-state index in [-0.39, 0.29) is 0 Å². The molecule has 2 aromatic rings. The van der Waals surface area contributed by atoms with E-state index in [0.29, 0.717) is 21.8 Å². The minimum absolute atomic E-state index is 0.519. The van der Waals surface area contributed by atoms with E-state index in [0.717, 1.165) is 16.8 Å². The first-order chi connectivity index (χ1) is 8.16. The average Bonchev–Trinajstić information content (AvgIpc) is 3.07. The predicted octanol–water partition coefficient (Wildman–Crippen LogP) is 3.84. The van der Waals surface area contributed by atoms with Gasteiger partial charge in [-0.25, -0.2) is 0 Å². The topological polar surface area (TPSA) is 54.7 Å². The molecule has 1 aliphatic rings. The second-order valence-electron chi connectivity index (χ2n) is 4.30. The number of halogens is 2. The fourth-order valence-electron chi connectivity index (χ4n) is 1.99. The molecule has 1 aromatic carbocycles. The summed E-state index contributed by atoms with van der Waals surface area (Å²) >= 11 is 11.9. The fourth-order valence-corrected chi connectivity index (χ4v) is 2.29. The summed E-state index contributed by atoms with van der Waals surface area (Å²) in [4.78, 5) is 0. The zero-order valence-corrected chi connectivity index (χ0v) is 10.5. The Hall–Kier alpha value is -1.19. The lowest BCUT2D eigenvalue weighted by Crippen LogP contribution is -1.90. The molecule has 0 spiro atoms. The number of nitrogens with one attached hydrogen (secondary N) is 1. The van der Waals surface area contributed by atoms with E-state index in [4.69, 9.17) is 28.9 Å². The van der Waals surface area contributed by atoms with Crippen molar-refractivity contribution < 1.29 is 0 Å². The van der Waals surface area contributed by atoms with Crippen LogP contribution >= 0.6 is 23.2 Å². The molecule has 0 radical (unpaired) electrons. The molecule has 3 nitrogen and oxygen atoms in total. The second kappa shape index (κ2) is 3.93. The van der Waals surface area contributed by atoms with E-state index >= 15 is 0 Å². The molecule has 1 aliphatic carbocycles. The van der Waals surface area contributed by atoms with Crippen LogP contribution in [-0.2, 0) is 0 Å². The van der Waals surface area contributed by atoms with E-state index in [1.807, 2.05) is 12.1 Å². The summed E-state index contributed by atoms with van der Waals surface area (Å²) in [7, 11) is 0. The quantitative estimate of drug-likeness (QED) is 0.869. The summed E-state index contributed by atoms with van der Waals surface area (Å²) in [6.45, 7) is 0. The minimum atomic E-state index is 0.519. The van der Waals surface area contributed by atoms with Gasteiger partial charge in [-0.15, -0.1) is 0 Å². The Morgan fingerprint density at radius 3 is 2.65 bits per heavy atom. The summed E-state index contributed by atoms with van der Waals surface area (Å²) < 4.78 is 0.